The first-order valence-electron chi connectivity index (χ1n) is 3.91. The molecular formula is C10H15NO. The Hall–Kier alpha value is -1.14. The van der Waals surface area contributed by atoms with Crippen LogP contribution in [0, 0.1) is 0 Å². The van der Waals surface area contributed by atoms with Crippen LogP contribution >= 0.6 is 0 Å². The maximum Gasteiger partial charge on any atom is 0.235 e. The van der Waals surface area contributed by atoms with E-state index in [4.69, 9.17) is 0 Å². The van der Waals surface area contributed by atoms with Crippen LogP contribution in [-0.2, 0) is 4.79 Å². The van der Waals surface area contributed by atoms with Gasteiger partial charge < -0.3 is 0 Å². The molecule has 0 fully saturated rings. The first-order valence-corrected chi connectivity index (χ1v) is 3.91. The van der Waals surface area contributed by atoms with Gasteiger partial charge in [0.1, 0.15) is 0 Å². The zero-order valence-electron chi connectivity index (χ0n) is 7.98. The van der Waals surface area contributed by atoms with E-state index in [1.165, 1.54) is 11.7 Å². The van der Waals surface area contributed by atoms with Crippen molar-refractivity contribution in [3.05, 3.63) is 23.3 Å². The van der Waals surface area contributed by atoms with Gasteiger partial charge in [-0.3, -0.25) is 0 Å². The summed E-state index contributed by atoms with van der Waals surface area (Å²) in [5.41, 5.74) is 3.45. The second-order valence-electron chi connectivity index (χ2n) is 3.14. The van der Waals surface area contributed by atoms with E-state index in [1.54, 1.807) is 0 Å². The third-order valence-electron chi connectivity index (χ3n) is 1.56. The summed E-state index contributed by atoms with van der Waals surface area (Å²) in [7, 11) is 0. The Morgan fingerprint density at radius 1 is 1.42 bits per heavy atom. The Kier molecular flexibility index (Phi) is 4.98. The zero-order chi connectivity index (χ0) is 9.56. The van der Waals surface area contributed by atoms with Gasteiger partial charge in [-0.05, 0) is 32.8 Å². The van der Waals surface area contributed by atoms with Crippen LogP contribution in [0.25, 0.3) is 0 Å². The van der Waals surface area contributed by atoms with Crippen molar-refractivity contribution in [3.63, 3.8) is 0 Å². The molecule has 0 bridgehead atoms. The summed E-state index contributed by atoms with van der Waals surface area (Å²) in [6.45, 7) is 10.3. The van der Waals surface area contributed by atoms with Crippen LogP contribution < -0.4 is 0 Å². The van der Waals surface area contributed by atoms with Gasteiger partial charge in [-0.15, -0.1) is 0 Å². The normalized spacial score (nSPS) is 8.58. The molecule has 0 aromatic carbocycles. The fourth-order valence-electron chi connectivity index (χ4n) is 0.883. The number of hydrogen-bond donors (Lipinski definition) is 0. The molecule has 2 heteroatoms. The molecule has 0 saturated carbocycles. The molecule has 0 rings (SSSR count). The highest BCUT2D eigenvalue weighted by atomic mass is 16.1. The van der Waals surface area contributed by atoms with E-state index in [2.05, 4.69) is 11.6 Å². The number of rotatable bonds is 4. The van der Waals surface area contributed by atoms with Crippen molar-refractivity contribution in [1.82, 2.24) is 0 Å². The molecular weight excluding hydrogens is 150 g/mol. The highest BCUT2D eigenvalue weighted by Gasteiger charge is 1.98. The fraction of sp³-hybridized carbons (Fsp3) is 0.500. The summed E-state index contributed by atoms with van der Waals surface area (Å²) in [6, 6.07) is 0. The summed E-state index contributed by atoms with van der Waals surface area (Å²) in [6.07, 6.45) is 2.36. The average Bonchev–Trinajstić information content (AvgIpc) is 1.96. The molecule has 0 radical (unpaired) electrons. The first-order chi connectivity index (χ1) is 5.57. The molecule has 0 N–H and O–H groups in total. The Morgan fingerprint density at radius 3 is 2.33 bits per heavy atom. The Labute approximate surface area is 73.7 Å². The molecule has 2 nitrogen and oxygen atoms in total. The highest BCUT2D eigenvalue weighted by Crippen LogP contribution is 2.13. The number of hydrogen-bond acceptors (Lipinski definition) is 2. The van der Waals surface area contributed by atoms with E-state index in [1.807, 2.05) is 20.8 Å². The van der Waals surface area contributed by atoms with Gasteiger partial charge in [0, 0.05) is 0 Å². The Bertz CT molecular complexity index is 235. The van der Waals surface area contributed by atoms with E-state index in [0.29, 0.717) is 6.54 Å². The number of isocyanates is 1. The zero-order valence-corrected chi connectivity index (χ0v) is 7.98. The third-order valence-corrected chi connectivity index (χ3v) is 1.56. The molecule has 0 amide bonds. The number of allylic oxidation sites excluding steroid dienone is 2. The van der Waals surface area contributed by atoms with E-state index < -0.39 is 0 Å². The summed E-state index contributed by atoms with van der Waals surface area (Å²) in [5, 5.41) is 0. The van der Waals surface area contributed by atoms with Crippen LogP contribution in [0.15, 0.2) is 28.3 Å². The SMILES string of the molecule is C=C(C)CC(CN=C=O)=C(C)C. The number of carbonyl (C=O) groups excluding carboxylic acids is 1. The van der Waals surface area contributed by atoms with Crippen LogP contribution in [0.5, 0.6) is 0 Å². The first kappa shape index (κ1) is 10.9. The van der Waals surface area contributed by atoms with Crippen molar-refractivity contribution >= 4 is 6.08 Å². The Balaban J connectivity index is 4.36. The highest BCUT2D eigenvalue weighted by molar-refractivity contribution is 5.34. The predicted molar refractivity (Wildman–Crippen MR) is 50.8 cm³/mol. The van der Waals surface area contributed by atoms with E-state index >= 15 is 0 Å². The molecule has 0 atom stereocenters. The monoisotopic (exact) mass is 165 g/mol. The summed E-state index contributed by atoms with van der Waals surface area (Å²) >= 11 is 0. The van der Waals surface area contributed by atoms with Gasteiger partial charge in [-0.1, -0.05) is 17.7 Å². The smallest absolute Gasteiger partial charge is 0.211 e. The molecule has 0 aliphatic heterocycles. The molecule has 0 aromatic heterocycles. The number of nitrogens with zero attached hydrogens (tertiary/aromatic N) is 1. The largest absolute Gasteiger partial charge is 0.235 e. The van der Waals surface area contributed by atoms with Gasteiger partial charge in [0.2, 0.25) is 6.08 Å². The lowest BCUT2D eigenvalue weighted by atomic mass is 10.0. The third kappa shape index (κ3) is 4.64. The second-order valence-corrected chi connectivity index (χ2v) is 3.14. The van der Waals surface area contributed by atoms with Crippen molar-refractivity contribution in [1.29, 1.82) is 0 Å². The number of aliphatic imine (C=N–C) groups is 1. The van der Waals surface area contributed by atoms with Gasteiger partial charge in [-0.2, -0.15) is 0 Å². The maximum atomic E-state index is 9.88. The van der Waals surface area contributed by atoms with Crippen LogP contribution in [0.2, 0.25) is 0 Å². The van der Waals surface area contributed by atoms with Crippen molar-refractivity contribution in [2.24, 2.45) is 4.99 Å². The second kappa shape index (κ2) is 5.50. The average molecular weight is 165 g/mol. The van der Waals surface area contributed by atoms with Gasteiger partial charge in [0.05, 0.1) is 6.54 Å². The topological polar surface area (TPSA) is 29.4 Å². The quantitative estimate of drug-likeness (QED) is 0.357. The Morgan fingerprint density at radius 2 is 2.00 bits per heavy atom. The van der Waals surface area contributed by atoms with Gasteiger partial charge in [-0.25, -0.2) is 9.79 Å². The summed E-state index contributed by atoms with van der Waals surface area (Å²) < 4.78 is 0. The standard InChI is InChI=1S/C10H15NO/c1-8(2)5-10(9(3)4)6-11-7-12/h1,5-6H2,2-4H3. The molecule has 0 aliphatic rings. The van der Waals surface area contributed by atoms with E-state index in [-0.39, 0.29) is 0 Å². The van der Waals surface area contributed by atoms with Crippen LogP contribution in [-0.4, -0.2) is 12.6 Å². The van der Waals surface area contributed by atoms with Crippen molar-refractivity contribution < 1.29 is 4.79 Å². The van der Waals surface area contributed by atoms with Crippen molar-refractivity contribution in [3.8, 4) is 0 Å². The maximum absolute atomic E-state index is 9.88. The minimum atomic E-state index is 0.457. The molecule has 66 valence electrons. The van der Waals surface area contributed by atoms with Crippen LogP contribution in [0.1, 0.15) is 27.2 Å². The van der Waals surface area contributed by atoms with Crippen LogP contribution in [0.3, 0.4) is 0 Å². The van der Waals surface area contributed by atoms with Crippen molar-refractivity contribution in [2.75, 3.05) is 6.54 Å². The van der Waals surface area contributed by atoms with Gasteiger partial charge in [0.25, 0.3) is 0 Å². The van der Waals surface area contributed by atoms with Crippen LogP contribution in [0.4, 0.5) is 0 Å². The minimum Gasteiger partial charge on any atom is -0.211 e. The molecule has 0 heterocycles. The van der Waals surface area contributed by atoms with E-state index in [0.717, 1.165) is 17.6 Å². The minimum absolute atomic E-state index is 0.457. The molecule has 0 aliphatic carbocycles. The molecule has 0 aromatic rings. The molecule has 0 saturated heterocycles. The molecule has 0 spiro atoms. The molecule has 12 heavy (non-hydrogen) atoms. The van der Waals surface area contributed by atoms with Crippen molar-refractivity contribution in [2.45, 2.75) is 27.2 Å². The lowest BCUT2D eigenvalue weighted by Gasteiger charge is -2.05. The van der Waals surface area contributed by atoms with Gasteiger partial charge >= 0.3 is 0 Å². The predicted octanol–water partition coefficient (Wildman–Crippen LogP) is 2.62. The van der Waals surface area contributed by atoms with E-state index in [9.17, 15) is 4.79 Å². The summed E-state index contributed by atoms with van der Waals surface area (Å²) in [5.74, 6) is 0. The van der Waals surface area contributed by atoms with Gasteiger partial charge in [0.15, 0.2) is 0 Å². The molecule has 0 unspecified atom stereocenters. The lowest BCUT2D eigenvalue weighted by Crippen LogP contribution is -1.92. The fourth-order valence-corrected chi connectivity index (χ4v) is 0.883. The summed E-state index contributed by atoms with van der Waals surface area (Å²) in [4.78, 5) is 13.4. The lowest BCUT2D eigenvalue weighted by molar-refractivity contribution is 0.563.